The summed E-state index contributed by atoms with van der Waals surface area (Å²) < 4.78 is 32.9. The van der Waals surface area contributed by atoms with Crippen LogP contribution < -0.4 is 14.8 Å². The predicted molar refractivity (Wildman–Crippen MR) is 116 cm³/mol. The van der Waals surface area contributed by atoms with E-state index in [-0.39, 0.29) is 22.9 Å². The number of anilines is 2. The minimum atomic E-state index is -3.78. The third-order valence-corrected chi connectivity index (χ3v) is 5.60. The summed E-state index contributed by atoms with van der Waals surface area (Å²) in [4.78, 5) is 22.6. The highest BCUT2D eigenvalue weighted by Gasteiger charge is 2.15. The summed E-state index contributed by atoms with van der Waals surface area (Å²) in [7, 11) is -3.78. The summed E-state index contributed by atoms with van der Waals surface area (Å²) in [6, 6.07) is 18.2. The molecule has 0 unspecified atom stereocenters. The SMILES string of the molecule is Cc1ccc(NC(=O)COc2cccc([N+](=O)[O-])c2)cc1NS(=O)(=O)c1ccccc1. The maximum Gasteiger partial charge on any atom is 0.273 e. The Morgan fingerprint density at radius 1 is 1.03 bits per heavy atom. The Labute approximate surface area is 178 Å². The minimum absolute atomic E-state index is 0.120. The Hall–Kier alpha value is -3.92. The van der Waals surface area contributed by atoms with Gasteiger partial charge in [-0.15, -0.1) is 0 Å². The number of nitrogens with one attached hydrogen (secondary N) is 2. The summed E-state index contributed by atoms with van der Waals surface area (Å²) in [6.45, 7) is 1.36. The summed E-state index contributed by atoms with van der Waals surface area (Å²) in [5, 5.41) is 13.4. The Bertz CT molecular complexity index is 1210. The van der Waals surface area contributed by atoms with Gasteiger partial charge in [-0.3, -0.25) is 19.6 Å². The molecule has 31 heavy (non-hydrogen) atoms. The standard InChI is InChI=1S/C21H19N3O6S/c1-15-10-11-16(12-20(15)23-31(28,29)19-8-3-2-4-9-19)22-21(25)14-30-18-7-5-6-17(13-18)24(26)27/h2-13,23H,14H2,1H3,(H,22,25). The van der Waals surface area contributed by atoms with Crippen molar-refractivity contribution < 1.29 is 22.9 Å². The van der Waals surface area contributed by atoms with Gasteiger partial charge in [-0.2, -0.15) is 0 Å². The molecule has 0 aromatic heterocycles. The van der Waals surface area contributed by atoms with Gasteiger partial charge in [-0.05, 0) is 42.8 Å². The van der Waals surface area contributed by atoms with Crippen LogP contribution in [-0.2, 0) is 14.8 Å². The second-order valence-electron chi connectivity index (χ2n) is 6.54. The highest BCUT2D eigenvalue weighted by molar-refractivity contribution is 7.92. The van der Waals surface area contributed by atoms with E-state index in [2.05, 4.69) is 10.0 Å². The quantitative estimate of drug-likeness (QED) is 0.405. The highest BCUT2D eigenvalue weighted by atomic mass is 32.2. The van der Waals surface area contributed by atoms with Gasteiger partial charge in [0, 0.05) is 11.8 Å². The van der Waals surface area contributed by atoms with E-state index in [9.17, 15) is 23.3 Å². The van der Waals surface area contributed by atoms with Crippen molar-refractivity contribution in [3.8, 4) is 5.75 Å². The number of aryl methyl sites for hydroxylation is 1. The number of hydrogen-bond acceptors (Lipinski definition) is 6. The fourth-order valence-electron chi connectivity index (χ4n) is 2.65. The van der Waals surface area contributed by atoms with Gasteiger partial charge in [0.15, 0.2) is 6.61 Å². The van der Waals surface area contributed by atoms with Crippen LogP contribution in [0.5, 0.6) is 5.75 Å². The van der Waals surface area contributed by atoms with Gasteiger partial charge in [0.25, 0.3) is 21.6 Å². The molecule has 3 aromatic rings. The number of ether oxygens (including phenoxy) is 1. The second kappa shape index (κ2) is 9.26. The molecular weight excluding hydrogens is 422 g/mol. The van der Waals surface area contributed by atoms with Gasteiger partial charge in [0.1, 0.15) is 5.75 Å². The lowest BCUT2D eigenvalue weighted by Gasteiger charge is -2.13. The minimum Gasteiger partial charge on any atom is -0.484 e. The highest BCUT2D eigenvalue weighted by Crippen LogP contribution is 2.24. The molecule has 1 amide bonds. The van der Waals surface area contributed by atoms with Crippen LogP contribution in [0.25, 0.3) is 0 Å². The summed E-state index contributed by atoms with van der Waals surface area (Å²) >= 11 is 0. The Morgan fingerprint density at radius 3 is 2.48 bits per heavy atom. The second-order valence-corrected chi connectivity index (χ2v) is 8.22. The zero-order valence-corrected chi connectivity index (χ0v) is 17.3. The van der Waals surface area contributed by atoms with Crippen LogP contribution in [0.1, 0.15) is 5.56 Å². The van der Waals surface area contributed by atoms with Crippen molar-refractivity contribution >= 4 is 33.0 Å². The van der Waals surface area contributed by atoms with Crippen LogP contribution in [-0.4, -0.2) is 25.9 Å². The zero-order valence-electron chi connectivity index (χ0n) is 16.4. The lowest BCUT2D eigenvalue weighted by Crippen LogP contribution is -2.20. The molecule has 3 aromatic carbocycles. The van der Waals surface area contributed by atoms with E-state index in [0.717, 1.165) is 0 Å². The molecular formula is C21H19N3O6S. The van der Waals surface area contributed by atoms with Crippen LogP contribution in [0, 0.1) is 17.0 Å². The van der Waals surface area contributed by atoms with Gasteiger partial charge in [0.2, 0.25) is 0 Å². The largest absolute Gasteiger partial charge is 0.484 e. The van der Waals surface area contributed by atoms with Crippen LogP contribution in [0.15, 0.2) is 77.7 Å². The smallest absolute Gasteiger partial charge is 0.273 e. The average molecular weight is 441 g/mol. The van der Waals surface area contributed by atoms with Crippen LogP contribution >= 0.6 is 0 Å². The van der Waals surface area contributed by atoms with Crippen molar-refractivity contribution in [2.24, 2.45) is 0 Å². The molecule has 160 valence electrons. The van der Waals surface area contributed by atoms with E-state index in [4.69, 9.17) is 4.74 Å². The molecule has 0 atom stereocenters. The van der Waals surface area contributed by atoms with E-state index < -0.39 is 20.9 Å². The number of rotatable bonds is 8. The van der Waals surface area contributed by atoms with Crippen LogP contribution in [0.3, 0.4) is 0 Å². The van der Waals surface area contributed by atoms with Crippen molar-refractivity contribution in [2.45, 2.75) is 11.8 Å². The number of hydrogen-bond donors (Lipinski definition) is 2. The molecule has 2 N–H and O–H groups in total. The lowest BCUT2D eigenvalue weighted by atomic mass is 10.2. The third kappa shape index (κ3) is 5.80. The number of benzene rings is 3. The average Bonchev–Trinajstić information content (AvgIpc) is 2.75. The molecule has 3 rings (SSSR count). The fraction of sp³-hybridized carbons (Fsp3) is 0.0952. The number of nitro benzene ring substituents is 1. The van der Waals surface area contributed by atoms with Gasteiger partial charge in [0.05, 0.1) is 21.6 Å². The Morgan fingerprint density at radius 2 is 1.77 bits per heavy atom. The molecule has 0 heterocycles. The monoisotopic (exact) mass is 441 g/mol. The van der Waals surface area contributed by atoms with Crippen molar-refractivity contribution in [2.75, 3.05) is 16.6 Å². The molecule has 0 saturated carbocycles. The number of sulfonamides is 1. The topological polar surface area (TPSA) is 128 Å². The van der Waals surface area contributed by atoms with E-state index in [1.165, 1.54) is 42.5 Å². The first kappa shape index (κ1) is 21.8. The first-order valence-electron chi connectivity index (χ1n) is 9.10. The number of non-ortho nitro benzene ring substituents is 1. The maximum absolute atomic E-state index is 12.6. The van der Waals surface area contributed by atoms with Crippen molar-refractivity contribution in [1.82, 2.24) is 0 Å². The summed E-state index contributed by atoms with van der Waals surface area (Å²) in [5.41, 5.74) is 1.21. The number of carbonyl (C=O) groups excluding carboxylic acids is 1. The molecule has 0 saturated heterocycles. The van der Waals surface area contributed by atoms with Gasteiger partial charge in [-0.25, -0.2) is 8.42 Å². The van der Waals surface area contributed by atoms with Crippen molar-refractivity contribution in [3.63, 3.8) is 0 Å². The Kier molecular flexibility index (Phi) is 6.51. The van der Waals surface area contributed by atoms with E-state index >= 15 is 0 Å². The zero-order chi connectivity index (χ0) is 22.4. The van der Waals surface area contributed by atoms with Crippen molar-refractivity contribution in [1.29, 1.82) is 0 Å². The summed E-state index contributed by atoms with van der Waals surface area (Å²) in [5.74, 6) is -0.322. The molecule has 0 spiro atoms. The fourth-order valence-corrected chi connectivity index (χ4v) is 3.79. The first-order chi connectivity index (χ1) is 14.7. The van der Waals surface area contributed by atoms with E-state index in [1.807, 2.05) is 0 Å². The molecule has 10 heteroatoms. The molecule has 0 fully saturated rings. The van der Waals surface area contributed by atoms with Crippen LogP contribution in [0.4, 0.5) is 17.1 Å². The molecule has 0 aliphatic heterocycles. The van der Waals surface area contributed by atoms with Gasteiger partial charge < -0.3 is 10.1 Å². The van der Waals surface area contributed by atoms with Crippen LogP contribution in [0.2, 0.25) is 0 Å². The first-order valence-corrected chi connectivity index (χ1v) is 10.6. The van der Waals surface area contributed by atoms with E-state index in [1.54, 1.807) is 37.3 Å². The Balaban J connectivity index is 1.67. The lowest BCUT2D eigenvalue weighted by molar-refractivity contribution is -0.384. The maximum atomic E-state index is 12.6. The molecule has 0 aliphatic carbocycles. The van der Waals surface area contributed by atoms with Gasteiger partial charge in [-0.1, -0.05) is 30.3 Å². The summed E-state index contributed by atoms with van der Waals surface area (Å²) in [6.07, 6.45) is 0. The number of amides is 1. The third-order valence-electron chi connectivity index (χ3n) is 4.22. The normalized spacial score (nSPS) is 10.9. The molecule has 0 radical (unpaired) electrons. The molecule has 0 aliphatic rings. The van der Waals surface area contributed by atoms with Gasteiger partial charge >= 0.3 is 0 Å². The molecule has 9 nitrogen and oxygen atoms in total. The predicted octanol–water partition coefficient (Wildman–Crippen LogP) is 3.72. The molecule has 0 bridgehead atoms. The van der Waals surface area contributed by atoms with Crippen molar-refractivity contribution in [3.05, 3.63) is 88.5 Å². The number of carbonyl (C=O) groups is 1. The number of nitrogens with zero attached hydrogens (tertiary/aromatic N) is 1. The number of nitro groups is 1. The van der Waals surface area contributed by atoms with E-state index in [0.29, 0.717) is 16.9 Å².